The Morgan fingerprint density at radius 1 is 1.47 bits per heavy atom. The van der Waals surface area contributed by atoms with E-state index in [4.69, 9.17) is 0 Å². The van der Waals surface area contributed by atoms with Gasteiger partial charge in [0, 0.05) is 19.0 Å². The van der Waals surface area contributed by atoms with E-state index < -0.39 is 0 Å². The molecule has 1 aliphatic rings. The Labute approximate surface area is 114 Å². The number of phenolic OH excluding ortho intramolecular Hbond substituents is 1. The van der Waals surface area contributed by atoms with E-state index >= 15 is 0 Å². The van der Waals surface area contributed by atoms with Gasteiger partial charge in [-0.05, 0) is 43.5 Å². The fourth-order valence-electron chi connectivity index (χ4n) is 2.25. The molecule has 4 nitrogen and oxygen atoms in total. The smallest absolute Gasteiger partial charge is 0.305 e. The summed E-state index contributed by atoms with van der Waals surface area (Å²) in [4.78, 5) is 13.5. The SMILES string of the molecule is COC(=O)CCCN(Cc1cccc(O)c1)C1CC1. The van der Waals surface area contributed by atoms with Crippen molar-refractivity contribution < 1.29 is 14.6 Å². The van der Waals surface area contributed by atoms with Gasteiger partial charge < -0.3 is 9.84 Å². The molecule has 0 saturated heterocycles. The third-order valence-corrected chi connectivity index (χ3v) is 3.41. The van der Waals surface area contributed by atoms with Gasteiger partial charge in [0.1, 0.15) is 5.75 Å². The standard InChI is InChI=1S/C15H21NO3/c1-19-15(18)6-3-9-16(13-7-8-13)11-12-4-2-5-14(17)10-12/h2,4-5,10,13,17H,3,6-9,11H2,1H3. The number of benzene rings is 1. The van der Waals surface area contributed by atoms with Crippen LogP contribution in [-0.2, 0) is 16.1 Å². The number of nitrogens with zero attached hydrogens (tertiary/aromatic N) is 1. The molecule has 0 heterocycles. The molecule has 1 aliphatic carbocycles. The molecule has 0 aliphatic heterocycles. The molecule has 0 amide bonds. The quantitative estimate of drug-likeness (QED) is 0.767. The van der Waals surface area contributed by atoms with Crippen LogP contribution in [0.3, 0.4) is 0 Å². The Balaban J connectivity index is 1.84. The minimum absolute atomic E-state index is 0.145. The highest BCUT2D eigenvalue weighted by molar-refractivity contribution is 5.69. The largest absolute Gasteiger partial charge is 0.508 e. The molecule has 1 N–H and O–H groups in total. The fraction of sp³-hybridized carbons (Fsp3) is 0.533. The minimum atomic E-state index is -0.145. The molecule has 1 saturated carbocycles. The van der Waals surface area contributed by atoms with Gasteiger partial charge in [0.25, 0.3) is 0 Å². The van der Waals surface area contributed by atoms with E-state index in [0.29, 0.717) is 18.2 Å². The summed E-state index contributed by atoms with van der Waals surface area (Å²) in [7, 11) is 1.42. The fourth-order valence-corrected chi connectivity index (χ4v) is 2.25. The first-order valence-corrected chi connectivity index (χ1v) is 6.78. The van der Waals surface area contributed by atoms with Crippen LogP contribution in [-0.4, -0.2) is 35.7 Å². The van der Waals surface area contributed by atoms with Crippen LogP contribution in [0, 0.1) is 0 Å². The lowest BCUT2D eigenvalue weighted by Gasteiger charge is -2.21. The molecule has 4 heteroatoms. The van der Waals surface area contributed by atoms with E-state index in [9.17, 15) is 9.90 Å². The van der Waals surface area contributed by atoms with Crippen molar-refractivity contribution in [2.75, 3.05) is 13.7 Å². The Bertz CT molecular complexity index is 429. The number of methoxy groups -OCH3 is 1. The molecule has 104 valence electrons. The van der Waals surface area contributed by atoms with Gasteiger partial charge in [-0.3, -0.25) is 9.69 Å². The van der Waals surface area contributed by atoms with Gasteiger partial charge in [0.2, 0.25) is 0 Å². The lowest BCUT2D eigenvalue weighted by molar-refractivity contribution is -0.140. The summed E-state index contributed by atoms with van der Waals surface area (Å²) in [6.45, 7) is 1.73. The summed E-state index contributed by atoms with van der Waals surface area (Å²) in [5, 5.41) is 9.48. The first-order chi connectivity index (χ1) is 9.19. The maximum Gasteiger partial charge on any atom is 0.305 e. The summed E-state index contributed by atoms with van der Waals surface area (Å²) in [5.41, 5.74) is 1.12. The molecule has 1 aromatic carbocycles. The van der Waals surface area contributed by atoms with Gasteiger partial charge in [0.05, 0.1) is 7.11 Å². The van der Waals surface area contributed by atoms with Crippen molar-refractivity contribution in [1.29, 1.82) is 0 Å². The van der Waals surface area contributed by atoms with Crippen LogP contribution < -0.4 is 0 Å². The van der Waals surface area contributed by atoms with E-state index in [-0.39, 0.29) is 5.97 Å². The van der Waals surface area contributed by atoms with Crippen molar-refractivity contribution in [3.63, 3.8) is 0 Å². The molecule has 0 spiro atoms. The monoisotopic (exact) mass is 263 g/mol. The maximum atomic E-state index is 11.1. The van der Waals surface area contributed by atoms with Crippen LogP contribution in [0.5, 0.6) is 5.75 Å². The third-order valence-electron chi connectivity index (χ3n) is 3.41. The summed E-state index contributed by atoms with van der Waals surface area (Å²) in [5.74, 6) is 0.163. The number of ether oxygens (including phenoxy) is 1. The highest BCUT2D eigenvalue weighted by Crippen LogP contribution is 2.29. The lowest BCUT2D eigenvalue weighted by atomic mass is 10.2. The molecule has 0 radical (unpaired) electrons. The van der Waals surface area contributed by atoms with E-state index in [2.05, 4.69) is 9.64 Å². The number of phenols is 1. The summed E-state index contributed by atoms with van der Waals surface area (Å²) in [6.07, 6.45) is 3.76. The molecule has 0 bridgehead atoms. The van der Waals surface area contributed by atoms with Crippen molar-refractivity contribution >= 4 is 5.97 Å². The van der Waals surface area contributed by atoms with Crippen molar-refractivity contribution in [3.05, 3.63) is 29.8 Å². The molecule has 0 aromatic heterocycles. The predicted molar refractivity (Wildman–Crippen MR) is 72.8 cm³/mol. The predicted octanol–water partition coefficient (Wildman–Crippen LogP) is 2.31. The molecular weight excluding hydrogens is 242 g/mol. The molecule has 0 unspecified atom stereocenters. The molecule has 1 fully saturated rings. The minimum Gasteiger partial charge on any atom is -0.508 e. The number of esters is 1. The first-order valence-electron chi connectivity index (χ1n) is 6.78. The molecule has 2 rings (SSSR count). The topological polar surface area (TPSA) is 49.8 Å². The first kappa shape index (κ1) is 13.9. The summed E-state index contributed by atoms with van der Waals surface area (Å²) in [6, 6.07) is 8.01. The van der Waals surface area contributed by atoms with Crippen molar-refractivity contribution in [2.45, 2.75) is 38.3 Å². The molecular formula is C15H21NO3. The maximum absolute atomic E-state index is 11.1. The molecule has 1 aromatic rings. The van der Waals surface area contributed by atoms with Crippen LogP contribution in [0.4, 0.5) is 0 Å². The normalized spacial score (nSPS) is 14.6. The Morgan fingerprint density at radius 3 is 2.89 bits per heavy atom. The second kappa shape index (κ2) is 6.57. The summed E-state index contributed by atoms with van der Waals surface area (Å²) >= 11 is 0. The van der Waals surface area contributed by atoms with Crippen molar-refractivity contribution in [1.82, 2.24) is 4.90 Å². The lowest BCUT2D eigenvalue weighted by Crippen LogP contribution is -2.27. The van der Waals surface area contributed by atoms with E-state index in [1.165, 1.54) is 20.0 Å². The Kier molecular flexibility index (Phi) is 4.80. The van der Waals surface area contributed by atoms with Gasteiger partial charge in [-0.15, -0.1) is 0 Å². The number of carbonyl (C=O) groups is 1. The number of carbonyl (C=O) groups excluding carboxylic acids is 1. The van der Waals surface area contributed by atoms with Crippen molar-refractivity contribution in [3.8, 4) is 5.75 Å². The number of aromatic hydroxyl groups is 1. The van der Waals surface area contributed by atoms with Crippen LogP contribution in [0.15, 0.2) is 24.3 Å². The molecule has 0 atom stereocenters. The number of hydrogen-bond acceptors (Lipinski definition) is 4. The van der Waals surface area contributed by atoms with Gasteiger partial charge in [-0.25, -0.2) is 0 Å². The number of hydrogen-bond donors (Lipinski definition) is 1. The van der Waals surface area contributed by atoms with Gasteiger partial charge in [-0.2, -0.15) is 0 Å². The average molecular weight is 263 g/mol. The highest BCUT2D eigenvalue weighted by Gasteiger charge is 2.28. The van der Waals surface area contributed by atoms with Crippen LogP contribution in [0.2, 0.25) is 0 Å². The summed E-state index contributed by atoms with van der Waals surface area (Å²) < 4.78 is 4.65. The van der Waals surface area contributed by atoms with Crippen molar-refractivity contribution in [2.24, 2.45) is 0 Å². The van der Waals surface area contributed by atoms with Crippen LogP contribution in [0.1, 0.15) is 31.2 Å². The van der Waals surface area contributed by atoms with Gasteiger partial charge in [-0.1, -0.05) is 12.1 Å². The van der Waals surface area contributed by atoms with Gasteiger partial charge >= 0.3 is 5.97 Å². The second-order valence-electron chi connectivity index (χ2n) is 5.05. The zero-order valence-corrected chi connectivity index (χ0v) is 11.3. The van der Waals surface area contributed by atoms with E-state index in [0.717, 1.165) is 25.1 Å². The van der Waals surface area contributed by atoms with Crippen LogP contribution >= 0.6 is 0 Å². The highest BCUT2D eigenvalue weighted by atomic mass is 16.5. The van der Waals surface area contributed by atoms with Crippen LogP contribution in [0.25, 0.3) is 0 Å². The molecule has 19 heavy (non-hydrogen) atoms. The van der Waals surface area contributed by atoms with Gasteiger partial charge in [0.15, 0.2) is 0 Å². The Hall–Kier alpha value is -1.55. The zero-order valence-electron chi connectivity index (χ0n) is 11.3. The zero-order chi connectivity index (χ0) is 13.7. The average Bonchev–Trinajstić information content (AvgIpc) is 3.21. The number of rotatable bonds is 7. The van der Waals surface area contributed by atoms with E-state index in [1.54, 1.807) is 12.1 Å². The van der Waals surface area contributed by atoms with E-state index in [1.807, 2.05) is 12.1 Å². The Morgan fingerprint density at radius 2 is 2.26 bits per heavy atom. The third kappa shape index (κ3) is 4.56. The second-order valence-corrected chi connectivity index (χ2v) is 5.05.